The van der Waals surface area contributed by atoms with Gasteiger partial charge in [-0.25, -0.2) is 4.79 Å². The van der Waals surface area contributed by atoms with Crippen molar-refractivity contribution in [3.63, 3.8) is 0 Å². The van der Waals surface area contributed by atoms with E-state index in [2.05, 4.69) is 15.6 Å². The average Bonchev–Trinajstić information content (AvgIpc) is 3.70. The lowest BCUT2D eigenvalue weighted by molar-refractivity contribution is -0.146. The van der Waals surface area contributed by atoms with Gasteiger partial charge in [-0.2, -0.15) is 0 Å². The van der Waals surface area contributed by atoms with Crippen LogP contribution < -0.4 is 15.4 Å². The summed E-state index contributed by atoms with van der Waals surface area (Å²) < 4.78 is 10.4. The first kappa shape index (κ1) is 26.3. The van der Waals surface area contributed by atoms with Crippen LogP contribution in [0.1, 0.15) is 41.2 Å². The van der Waals surface area contributed by atoms with E-state index in [1.807, 2.05) is 48.5 Å². The van der Waals surface area contributed by atoms with Gasteiger partial charge in [0.15, 0.2) is 0 Å². The number of aromatic nitrogens is 1. The van der Waals surface area contributed by atoms with Crippen molar-refractivity contribution >= 4 is 34.6 Å². The van der Waals surface area contributed by atoms with Crippen LogP contribution in [0.4, 0.5) is 0 Å². The molecule has 3 aromatic rings. The largest absolute Gasteiger partial charge is 0.496 e. The Morgan fingerprint density at radius 3 is 2.56 bits per heavy atom. The number of nitrogens with one attached hydrogen (secondary N) is 3. The highest BCUT2D eigenvalue weighted by atomic mass is 16.5. The van der Waals surface area contributed by atoms with Gasteiger partial charge in [-0.3, -0.25) is 14.4 Å². The van der Waals surface area contributed by atoms with E-state index in [-0.39, 0.29) is 24.2 Å². The number of benzene rings is 2. The maximum absolute atomic E-state index is 13.9. The topological polar surface area (TPSA) is 130 Å². The fourth-order valence-electron chi connectivity index (χ4n) is 5.74. The maximum Gasteiger partial charge on any atom is 0.328 e. The SMILES string of the molecule is COC(=O)[C@H](C[C@@H]1CCNC1=O)NC(=O)[C@@H]1[C@@H](c2ccccc2)CCN1C(=O)c1cc2c(OC)cccc2[nH]1. The summed E-state index contributed by atoms with van der Waals surface area (Å²) in [5.41, 5.74) is 2.02. The molecular formula is C29H32N4O6. The van der Waals surface area contributed by atoms with Crippen molar-refractivity contribution in [1.29, 1.82) is 0 Å². The summed E-state index contributed by atoms with van der Waals surface area (Å²) in [4.78, 5) is 57.3. The summed E-state index contributed by atoms with van der Waals surface area (Å²) in [6, 6.07) is 14.9. The number of ether oxygens (including phenoxy) is 2. The van der Waals surface area contributed by atoms with Gasteiger partial charge in [-0.1, -0.05) is 36.4 Å². The van der Waals surface area contributed by atoms with Crippen molar-refractivity contribution in [2.75, 3.05) is 27.3 Å². The molecule has 3 N–H and O–H groups in total. The number of carbonyl (C=O) groups excluding carboxylic acids is 4. The summed E-state index contributed by atoms with van der Waals surface area (Å²) >= 11 is 0. The second-order valence-electron chi connectivity index (χ2n) is 9.95. The number of rotatable bonds is 8. The normalized spacial score (nSPS) is 21.4. The molecule has 5 rings (SSSR count). The van der Waals surface area contributed by atoms with Crippen molar-refractivity contribution in [3.8, 4) is 5.75 Å². The van der Waals surface area contributed by atoms with Crippen LogP contribution in [0.3, 0.4) is 0 Å². The Morgan fingerprint density at radius 1 is 1.08 bits per heavy atom. The summed E-state index contributed by atoms with van der Waals surface area (Å²) in [6.45, 7) is 0.887. The van der Waals surface area contributed by atoms with Gasteiger partial charge in [-0.15, -0.1) is 0 Å². The Bertz CT molecular complexity index is 1390. The van der Waals surface area contributed by atoms with E-state index in [1.54, 1.807) is 18.1 Å². The van der Waals surface area contributed by atoms with E-state index in [9.17, 15) is 19.2 Å². The number of methoxy groups -OCH3 is 2. The third-order valence-electron chi connectivity index (χ3n) is 7.71. The zero-order chi connectivity index (χ0) is 27.5. The molecule has 2 aliphatic rings. The predicted molar refractivity (Wildman–Crippen MR) is 143 cm³/mol. The molecule has 10 heteroatoms. The van der Waals surface area contributed by atoms with Crippen LogP contribution in [0.25, 0.3) is 10.9 Å². The van der Waals surface area contributed by atoms with Gasteiger partial charge in [0.25, 0.3) is 5.91 Å². The Labute approximate surface area is 226 Å². The molecule has 0 spiro atoms. The highest BCUT2D eigenvalue weighted by Crippen LogP contribution is 2.36. The number of hydrogen-bond acceptors (Lipinski definition) is 6. The fourth-order valence-corrected chi connectivity index (χ4v) is 5.74. The van der Waals surface area contributed by atoms with Crippen LogP contribution >= 0.6 is 0 Å². The standard InChI is InChI=1S/C29H32N4O6/c1-38-24-10-6-9-21-20(24)16-22(31-21)28(36)33-14-12-19(17-7-4-3-5-8-17)25(33)27(35)32-23(29(37)39-2)15-18-11-13-30-26(18)34/h3-10,16,18-19,23,25,31H,11-15H2,1-2H3,(H,30,34)(H,32,35)/t18-,19+,23-,25-/m0/s1. The van der Waals surface area contributed by atoms with Crippen molar-refractivity contribution < 1.29 is 28.7 Å². The Morgan fingerprint density at radius 2 is 1.87 bits per heavy atom. The van der Waals surface area contributed by atoms with Gasteiger partial charge in [0.1, 0.15) is 23.5 Å². The van der Waals surface area contributed by atoms with Gasteiger partial charge >= 0.3 is 5.97 Å². The highest BCUT2D eigenvalue weighted by Gasteiger charge is 2.44. The summed E-state index contributed by atoms with van der Waals surface area (Å²) in [6.07, 6.45) is 1.28. The number of nitrogens with zero attached hydrogens (tertiary/aromatic N) is 1. The second-order valence-corrected chi connectivity index (χ2v) is 9.95. The van der Waals surface area contributed by atoms with Crippen LogP contribution in [0.15, 0.2) is 54.6 Å². The molecule has 0 unspecified atom stereocenters. The van der Waals surface area contributed by atoms with E-state index in [0.29, 0.717) is 37.4 Å². The molecule has 2 saturated heterocycles. The second kappa shape index (κ2) is 11.2. The first-order valence-electron chi connectivity index (χ1n) is 13.1. The lowest BCUT2D eigenvalue weighted by Crippen LogP contribution is -2.53. The smallest absolute Gasteiger partial charge is 0.328 e. The Balaban J connectivity index is 1.45. The van der Waals surface area contributed by atoms with Crippen LogP contribution in [0.5, 0.6) is 5.75 Å². The summed E-state index contributed by atoms with van der Waals surface area (Å²) in [5, 5.41) is 6.35. The Hall–Kier alpha value is -4.34. The third kappa shape index (κ3) is 5.19. The molecule has 204 valence electrons. The van der Waals surface area contributed by atoms with E-state index in [1.165, 1.54) is 7.11 Å². The molecule has 2 aliphatic heterocycles. The lowest BCUT2D eigenvalue weighted by Gasteiger charge is -2.29. The predicted octanol–water partition coefficient (Wildman–Crippen LogP) is 2.36. The first-order chi connectivity index (χ1) is 18.9. The van der Waals surface area contributed by atoms with Crippen molar-refractivity contribution in [2.45, 2.75) is 37.3 Å². The zero-order valence-corrected chi connectivity index (χ0v) is 21.9. The average molecular weight is 533 g/mol. The van der Waals surface area contributed by atoms with E-state index >= 15 is 0 Å². The van der Waals surface area contributed by atoms with Gasteiger partial charge in [0, 0.05) is 35.8 Å². The molecule has 0 radical (unpaired) electrons. The van der Waals surface area contributed by atoms with E-state index < -0.39 is 29.9 Å². The number of esters is 1. The number of fused-ring (bicyclic) bond motifs is 1. The molecule has 2 aromatic carbocycles. The van der Waals surface area contributed by atoms with E-state index in [0.717, 1.165) is 16.5 Å². The van der Waals surface area contributed by atoms with Crippen LogP contribution in [0, 0.1) is 5.92 Å². The minimum absolute atomic E-state index is 0.128. The number of hydrogen-bond donors (Lipinski definition) is 3. The maximum atomic E-state index is 13.9. The van der Waals surface area contributed by atoms with Gasteiger partial charge < -0.3 is 30.0 Å². The molecule has 2 fully saturated rings. The first-order valence-corrected chi connectivity index (χ1v) is 13.1. The van der Waals surface area contributed by atoms with Crippen molar-refractivity contribution in [2.24, 2.45) is 5.92 Å². The highest BCUT2D eigenvalue weighted by molar-refractivity contribution is 6.02. The van der Waals surface area contributed by atoms with Crippen LogP contribution in [-0.2, 0) is 19.1 Å². The molecule has 4 atom stereocenters. The molecular weight excluding hydrogens is 500 g/mol. The molecule has 3 amide bonds. The number of aromatic amines is 1. The number of amides is 3. The number of likely N-dealkylation sites (tertiary alicyclic amines) is 1. The lowest BCUT2D eigenvalue weighted by atomic mass is 9.90. The minimum atomic E-state index is -1.01. The molecule has 10 nitrogen and oxygen atoms in total. The molecule has 0 bridgehead atoms. The molecule has 0 aliphatic carbocycles. The molecule has 3 heterocycles. The summed E-state index contributed by atoms with van der Waals surface area (Å²) in [7, 11) is 2.82. The van der Waals surface area contributed by atoms with Gasteiger partial charge in [0.2, 0.25) is 11.8 Å². The van der Waals surface area contributed by atoms with Crippen LogP contribution in [0.2, 0.25) is 0 Å². The fraction of sp³-hybridized carbons (Fsp3) is 0.379. The quantitative estimate of drug-likeness (QED) is 0.382. The third-order valence-corrected chi connectivity index (χ3v) is 7.71. The molecule has 1 aromatic heterocycles. The monoisotopic (exact) mass is 532 g/mol. The summed E-state index contributed by atoms with van der Waals surface area (Å²) in [5.74, 6) is -1.60. The zero-order valence-electron chi connectivity index (χ0n) is 21.9. The molecule has 39 heavy (non-hydrogen) atoms. The van der Waals surface area contributed by atoms with E-state index in [4.69, 9.17) is 9.47 Å². The van der Waals surface area contributed by atoms with Crippen molar-refractivity contribution in [3.05, 3.63) is 65.9 Å². The number of carbonyl (C=O) groups is 4. The molecule has 0 saturated carbocycles. The number of H-pyrrole nitrogens is 1. The van der Waals surface area contributed by atoms with Crippen LogP contribution in [-0.4, -0.2) is 73.0 Å². The van der Waals surface area contributed by atoms with Crippen molar-refractivity contribution in [1.82, 2.24) is 20.5 Å². The Kier molecular flexibility index (Phi) is 7.53. The minimum Gasteiger partial charge on any atom is -0.496 e. The van der Waals surface area contributed by atoms with Gasteiger partial charge in [0.05, 0.1) is 14.2 Å². The van der Waals surface area contributed by atoms with Gasteiger partial charge in [-0.05, 0) is 43.0 Å².